The van der Waals surface area contributed by atoms with E-state index in [1.807, 2.05) is 16.8 Å². The van der Waals surface area contributed by atoms with Crippen LogP contribution in [0, 0.1) is 0 Å². The zero-order valence-electron chi connectivity index (χ0n) is 8.51. The number of alkyl halides is 2. The van der Waals surface area contributed by atoms with Crippen molar-refractivity contribution >= 4 is 11.3 Å². The first-order chi connectivity index (χ1) is 7.08. The van der Waals surface area contributed by atoms with E-state index < -0.39 is 5.92 Å². The topological polar surface area (TPSA) is 26.0 Å². The summed E-state index contributed by atoms with van der Waals surface area (Å²) < 4.78 is 26.2. The average Bonchev–Trinajstić information content (AvgIpc) is 2.72. The molecule has 0 aromatic carbocycles. The fourth-order valence-electron chi connectivity index (χ4n) is 2.27. The molecule has 0 aliphatic heterocycles. The monoisotopic (exact) mass is 231 g/mol. The van der Waals surface area contributed by atoms with Crippen molar-refractivity contribution in [2.24, 2.45) is 5.73 Å². The van der Waals surface area contributed by atoms with E-state index in [-0.39, 0.29) is 18.3 Å². The van der Waals surface area contributed by atoms with Gasteiger partial charge in [0.15, 0.2) is 0 Å². The Morgan fingerprint density at radius 1 is 1.27 bits per heavy atom. The van der Waals surface area contributed by atoms with Crippen molar-refractivity contribution in [3.05, 3.63) is 22.4 Å². The molecule has 15 heavy (non-hydrogen) atoms. The van der Waals surface area contributed by atoms with Crippen molar-refractivity contribution < 1.29 is 8.78 Å². The molecule has 1 heterocycles. The fourth-order valence-corrected chi connectivity index (χ4v) is 3.05. The first-order valence-electron chi connectivity index (χ1n) is 5.19. The first kappa shape index (κ1) is 11.0. The Bertz CT molecular complexity index is 311. The molecule has 1 aliphatic carbocycles. The lowest BCUT2D eigenvalue weighted by molar-refractivity contribution is -0.0508. The van der Waals surface area contributed by atoms with Gasteiger partial charge < -0.3 is 5.73 Å². The lowest BCUT2D eigenvalue weighted by Gasteiger charge is -2.39. The largest absolute Gasteiger partial charge is 0.330 e. The lowest BCUT2D eigenvalue weighted by Crippen LogP contribution is -2.41. The van der Waals surface area contributed by atoms with Gasteiger partial charge in [0.25, 0.3) is 0 Å². The first-order valence-corrected chi connectivity index (χ1v) is 6.13. The van der Waals surface area contributed by atoms with E-state index in [0.29, 0.717) is 19.4 Å². The second-order valence-corrected chi connectivity index (χ2v) is 5.13. The van der Waals surface area contributed by atoms with Crippen LogP contribution in [0.1, 0.15) is 31.2 Å². The van der Waals surface area contributed by atoms with E-state index in [4.69, 9.17) is 5.73 Å². The Balaban J connectivity index is 2.19. The molecule has 0 bridgehead atoms. The van der Waals surface area contributed by atoms with Crippen LogP contribution in [0.25, 0.3) is 0 Å². The minimum atomic E-state index is -2.48. The molecule has 1 saturated carbocycles. The summed E-state index contributed by atoms with van der Waals surface area (Å²) in [7, 11) is 0. The zero-order valence-corrected chi connectivity index (χ0v) is 9.33. The normalized spacial score (nSPS) is 23.9. The maximum Gasteiger partial charge on any atom is 0.248 e. The van der Waals surface area contributed by atoms with Gasteiger partial charge in [0.05, 0.1) is 0 Å². The number of thiophene rings is 1. The van der Waals surface area contributed by atoms with Crippen LogP contribution in [-0.4, -0.2) is 12.5 Å². The minimum absolute atomic E-state index is 0.0277. The molecule has 1 nitrogen and oxygen atoms in total. The van der Waals surface area contributed by atoms with E-state index in [0.717, 1.165) is 5.56 Å². The van der Waals surface area contributed by atoms with Gasteiger partial charge in [-0.15, -0.1) is 0 Å². The van der Waals surface area contributed by atoms with Crippen LogP contribution >= 0.6 is 11.3 Å². The predicted octanol–water partition coefficient (Wildman–Crippen LogP) is 3.15. The third kappa shape index (κ3) is 2.06. The van der Waals surface area contributed by atoms with Crippen molar-refractivity contribution in [1.29, 1.82) is 0 Å². The molecular formula is C11H15F2NS. The van der Waals surface area contributed by atoms with Crippen LogP contribution in [0.5, 0.6) is 0 Å². The minimum Gasteiger partial charge on any atom is -0.330 e. The quantitative estimate of drug-likeness (QED) is 0.831. The highest BCUT2D eigenvalue weighted by molar-refractivity contribution is 7.08. The lowest BCUT2D eigenvalue weighted by atomic mass is 9.69. The SMILES string of the molecule is NCC1(c2ccsc2)CCC(F)(F)CC1. The van der Waals surface area contributed by atoms with Crippen LogP contribution in [0.15, 0.2) is 16.8 Å². The Morgan fingerprint density at radius 3 is 2.40 bits per heavy atom. The maximum absolute atomic E-state index is 13.1. The molecule has 2 rings (SSSR count). The van der Waals surface area contributed by atoms with Crippen molar-refractivity contribution in [2.75, 3.05) is 6.54 Å². The molecule has 4 heteroatoms. The molecular weight excluding hydrogens is 216 g/mol. The maximum atomic E-state index is 13.1. The van der Waals surface area contributed by atoms with E-state index >= 15 is 0 Å². The molecule has 0 spiro atoms. The van der Waals surface area contributed by atoms with E-state index in [1.54, 1.807) is 11.3 Å². The number of halogens is 2. The van der Waals surface area contributed by atoms with Gasteiger partial charge in [0.2, 0.25) is 5.92 Å². The molecule has 2 N–H and O–H groups in total. The summed E-state index contributed by atoms with van der Waals surface area (Å²) >= 11 is 1.60. The Labute approximate surface area is 92.3 Å². The van der Waals surface area contributed by atoms with Gasteiger partial charge in [-0.3, -0.25) is 0 Å². The van der Waals surface area contributed by atoms with Gasteiger partial charge in [-0.1, -0.05) is 0 Å². The summed E-state index contributed by atoms with van der Waals surface area (Å²) in [6, 6.07) is 2.01. The summed E-state index contributed by atoms with van der Waals surface area (Å²) in [5.41, 5.74) is 6.73. The van der Waals surface area contributed by atoms with E-state index in [2.05, 4.69) is 0 Å². The molecule has 1 aromatic heterocycles. The summed E-state index contributed by atoms with van der Waals surface area (Å²) in [5.74, 6) is -2.48. The third-order valence-electron chi connectivity index (χ3n) is 3.46. The van der Waals surface area contributed by atoms with Crippen molar-refractivity contribution in [2.45, 2.75) is 37.0 Å². The third-order valence-corrected chi connectivity index (χ3v) is 4.15. The van der Waals surface area contributed by atoms with Gasteiger partial charge in [0, 0.05) is 24.8 Å². The second kappa shape index (κ2) is 3.83. The van der Waals surface area contributed by atoms with Gasteiger partial charge in [-0.05, 0) is 35.2 Å². The van der Waals surface area contributed by atoms with E-state index in [1.165, 1.54) is 0 Å². The van der Waals surface area contributed by atoms with Crippen LogP contribution in [0.3, 0.4) is 0 Å². The van der Waals surface area contributed by atoms with Gasteiger partial charge in [-0.2, -0.15) is 11.3 Å². The Kier molecular flexibility index (Phi) is 2.81. The Hall–Kier alpha value is -0.480. The number of hydrogen-bond acceptors (Lipinski definition) is 2. The fraction of sp³-hybridized carbons (Fsp3) is 0.636. The average molecular weight is 231 g/mol. The number of nitrogens with two attached hydrogens (primary N) is 1. The molecule has 0 amide bonds. The van der Waals surface area contributed by atoms with Gasteiger partial charge in [0.1, 0.15) is 0 Å². The molecule has 0 radical (unpaired) electrons. The molecule has 0 unspecified atom stereocenters. The van der Waals surface area contributed by atoms with Crippen LogP contribution in [-0.2, 0) is 5.41 Å². The molecule has 1 aromatic rings. The van der Waals surface area contributed by atoms with Crippen molar-refractivity contribution in [1.82, 2.24) is 0 Å². The summed E-state index contributed by atoms with van der Waals surface area (Å²) in [6.07, 6.45) is 0.959. The molecule has 0 atom stereocenters. The Morgan fingerprint density at radius 2 is 1.93 bits per heavy atom. The van der Waals surface area contributed by atoms with Gasteiger partial charge >= 0.3 is 0 Å². The number of rotatable bonds is 2. The van der Waals surface area contributed by atoms with Crippen LogP contribution in [0.2, 0.25) is 0 Å². The van der Waals surface area contributed by atoms with Crippen LogP contribution in [0.4, 0.5) is 8.78 Å². The van der Waals surface area contributed by atoms with Crippen LogP contribution < -0.4 is 5.73 Å². The highest BCUT2D eigenvalue weighted by Crippen LogP contribution is 2.45. The number of hydrogen-bond donors (Lipinski definition) is 1. The predicted molar refractivity (Wildman–Crippen MR) is 58.5 cm³/mol. The molecule has 0 saturated heterocycles. The molecule has 1 aliphatic rings. The van der Waals surface area contributed by atoms with Crippen molar-refractivity contribution in [3.8, 4) is 0 Å². The molecule has 1 fully saturated rings. The highest BCUT2D eigenvalue weighted by atomic mass is 32.1. The second-order valence-electron chi connectivity index (χ2n) is 4.35. The summed E-state index contributed by atoms with van der Waals surface area (Å²) in [5, 5.41) is 4.02. The van der Waals surface area contributed by atoms with E-state index in [9.17, 15) is 8.78 Å². The van der Waals surface area contributed by atoms with Gasteiger partial charge in [-0.25, -0.2) is 8.78 Å². The zero-order chi connectivity index (χ0) is 10.9. The van der Waals surface area contributed by atoms with Crippen molar-refractivity contribution in [3.63, 3.8) is 0 Å². The standard InChI is InChI=1S/C11H15F2NS/c12-11(13)4-2-10(8-14,3-5-11)9-1-6-15-7-9/h1,6-7H,2-5,8,14H2. The summed E-state index contributed by atoms with van der Waals surface area (Å²) in [6.45, 7) is 0.472. The highest BCUT2D eigenvalue weighted by Gasteiger charge is 2.43. The summed E-state index contributed by atoms with van der Waals surface area (Å²) in [4.78, 5) is 0. The molecule has 84 valence electrons. The smallest absolute Gasteiger partial charge is 0.248 e.